The van der Waals surface area contributed by atoms with E-state index in [1.807, 2.05) is 36.1 Å². The van der Waals surface area contributed by atoms with Crippen LogP contribution >= 0.6 is 24.0 Å². The number of halogens is 1. The highest BCUT2D eigenvalue weighted by molar-refractivity contribution is 14.0. The molecule has 0 amide bonds. The van der Waals surface area contributed by atoms with Crippen LogP contribution in [0.2, 0.25) is 0 Å². The first-order valence-corrected chi connectivity index (χ1v) is 10.5. The van der Waals surface area contributed by atoms with Gasteiger partial charge < -0.3 is 24.8 Å². The quantitative estimate of drug-likeness (QED) is 0.287. The van der Waals surface area contributed by atoms with Crippen LogP contribution in [0.1, 0.15) is 24.5 Å². The van der Waals surface area contributed by atoms with E-state index in [2.05, 4.69) is 28.4 Å². The monoisotopic (exact) mass is 543 g/mol. The zero-order chi connectivity index (χ0) is 21.3. The maximum atomic E-state index is 8.95. The highest BCUT2D eigenvalue weighted by atomic mass is 127. The van der Waals surface area contributed by atoms with E-state index in [0.717, 1.165) is 44.0 Å². The molecule has 1 saturated heterocycles. The van der Waals surface area contributed by atoms with E-state index in [9.17, 15) is 0 Å². The molecule has 1 atom stereocenters. The number of nitrogens with zero attached hydrogens (tertiary/aromatic N) is 4. The molecule has 0 spiro atoms. The average Bonchev–Trinajstić information content (AvgIpc) is 3.38. The third-order valence-corrected chi connectivity index (χ3v) is 5.19. The molecule has 3 rings (SSSR count). The van der Waals surface area contributed by atoms with E-state index in [-0.39, 0.29) is 37.2 Å². The molecule has 2 aromatic rings. The molecule has 0 aliphatic carbocycles. The zero-order valence-electron chi connectivity index (χ0n) is 18.6. The number of aryl methyl sites for hydroxylation is 1. The van der Waals surface area contributed by atoms with Crippen molar-refractivity contribution in [1.82, 2.24) is 20.0 Å². The molecule has 8 nitrogen and oxygen atoms in total. The standard InChI is InChI=1S/C22H33N5O3.HI/c1-4-23-22(27-8-7-18(16-27)11-19-14-25-26(2)15-19)24-13-17-5-6-20(30-10-9-28)21(12-17)29-3;/h5-6,12,14-15,18,28H,4,7-11,13,16H2,1-3H3,(H,23,24);1H. The van der Waals surface area contributed by atoms with Crippen molar-refractivity contribution >= 4 is 29.9 Å². The lowest BCUT2D eigenvalue weighted by Gasteiger charge is -2.21. The van der Waals surface area contributed by atoms with Crippen molar-refractivity contribution in [2.24, 2.45) is 18.0 Å². The Balaban J connectivity index is 0.00000341. The van der Waals surface area contributed by atoms with E-state index < -0.39 is 0 Å². The van der Waals surface area contributed by atoms with Gasteiger partial charge in [-0.1, -0.05) is 6.07 Å². The maximum Gasteiger partial charge on any atom is 0.194 e. The third kappa shape index (κ3) is 7.27. The van der Waals surface area contributed by atoms with Crippen LogP contribution in [0.15, 0.2) is 35.6 Å². The molecule has 1 aliphatic rings. The second-order valence-corrected chi connectivity index (χ2v) is 7.55. The van der Waals surface area contributed by atoms with Gasteiger partial charge in [-0.25, -0.2) is 4.99 Å². The van der Waals surface area contributed by atoms with Crippen molar-refractivity contribution in [2.45, 2.75) is 26.3 Å². The lowest BCUT2D eigenvalue weighted by atomic mass is 10.0. The number of rotatable bonds is 9. The highest BCUT2D eigenvalue weighted by Crippen LogP contribution is 2.28. The summed E-state index contributed by atoms with van der Waals surface area (Å²) in [5, 5.41) is 16.7. The number of aliphatic imine (C=N–C) groups is 1. The predicted octanol–water partition coefficient (Wildman–Crippen LogP) is 2.45. The fourth-order valence-corrected chi connectivity index (χ4v) is 3.78. The number of hydrogen-bond acceptors (Lipinski definition) is 5. The number of benzene rings is 1. The third-order valence-electron chi connectivity index (χ3n) is 5.19. The van der Waals surface area contributed by atoms with Gasteiger partial charge in [-0.05, 0) is 48.9 Å². The lowest BCUT2D eigenvalue weighted by Crippen LogP contribution is -2.40. The van der Waals surface area contributed by atoms with Crippen molar-refractivity contribution in [2.75, 3.05) is 40.0 Å². The summed E-state index contributed by atoms with van der Waals surface area (Å²) in [4.78, 5) is 7.20. The van der Waals surface area contributed by atoms with Gasteiger partial charge in [-0.15, -0.1) is 24.0 Å². The van der Waals surface area contributed by atoms with E-state index in [1.165, 1.54) is 5.56 Å². The first-order chi connectivity index (χ1) is 14.6. The number of aliphatic hydroxyl groups excluding tert-OH is 1. The number of ether oxygens (including phenoxy) is 2. The minimum absolute atomic E-state index is 0. The Morgan fingerprint density at radius 3 is 2.84 bits per heavy atom. The fourth-order valence-electron chi connectivity index (χ4n) is 3.78. The Morgan fingerprint density at radius 1 is 1.32 bits per heavy atom. The molecule has 31 heavy (non-hydrogen) atoms. The smallest absolute Gasteiger partial charge is 0.194 e. The van der Waals surface area contributed by atoms with Gasteiger partial charge in [0.25, 0.3) is 0 Å². The summed E-state index contributed by atoms with van der Waals surface area (Å²) in [6.45, 7) is 5.70. The molecular formula is C22H34IN5O3. The van der Waals surface area contributed by atoms with Gasteiger partial charge >= 0.3 is 0 Å². The van der Waals surface area contributed by atoms with Gasteiger partial charge in [-0.3, -0.25) is 4.68 Å². The molecule has 0 saturated carbocycles. The molecule has 1 unspecified atom stereocenters. The largest absolute Gasteiger partial charge is 0.493 e. The number of hydrogen-bond donors (Lipinski definition) is 2. The Hall–Kier alpha value is -2.01. The fraction of sp³-hybridized carbons (Fsp3) is 0.545. The molecule has 0 radical (unpaired) electrons. The van der Waals surface area contributed by atoms with E-state index in [4.69, 9.17) is 19.6 Å². The molecule has 2 N–H and O–H groups in total. The second-order valence-electron chi connectivity index (χ2n) is 7.55. The normalized spacial score (nSPS) is 16.2. The summed E-state index contributed by atoms with van der Waals surface area (Å²) in [5.74, 6) is 2.84. The van der Waals surface area contributed by atoms with Crippen molar-refractivity contribution in [1.29, 1.82) is 0 Å². The van der Waals surface area contributed by atoms with Crippen LogP contribution in [-0.2, 0) is 20.0 Å². The van der Waals surface area contributed by atoms with E-state index in [0.29, 0.717) is 24.0 Å². The van der Waals surface area contributed by atoms with Crippen LogP contribution in [-0.4, -0.2) is 65.7 Å². The summed E-state index contributed by atoms with van der Waals surface area (Å²) in [6.07, 6.45) is 6.27. The van der Waals surface area contributed by atoms with Gasteiger partial charge in [0.15, 0.2) is 17.5 Å². The Morgan fingerprint density at radius 2 is 2.16 bits per heavy atom. The van der Waals surface area contributed by atoms with Crippen LogP contribution in [0.25, 0.3) is 0 Å². The van der Waals surface area contributed by atoms with E-state index in [1.54, 1.807) is 7.11 Å². The maximum absolute atomic E-state index is 8.95. The average molecular weight is 543 g/mol. The van der Waals surface area contributed by atoms with Crippen LogP contribution in [0.4, 0.5) is 0 Å². The van der Waals surface area contributed by atoms with Crippen LogP contribution in [0.3, 0.4) is 0 Å². The minimum atomic E-state index is -0.0289. The molecule has 1 aliphatic heterocycles. The summed E-state index contributed by atoms with van der Waals surface area (Å²) in [6, 6.07) is 5.79. The number of aromatic nitrogens is 2. The Labute approximate surface area is 201 Å². The number of likely N-dealkylation sites (tertiary alicyclic amines) is 1. The van der Waals surface area contributed by atoms with Crippen molar-refractivity contribution in [3.63, 3.8) is 0 Å². The van der Waals surface area contributed by atoms with Crippen LogP contribution in [0.5, 0.6) is 11.5 Å². The number of methoxy groups -OCH3 is 1. The van der Waals surface area contributed by atoms with Gasteiger partial charge in [0.05, 0.1) is 26.5 Å². The van der Waals surface area contributed by atoms with Crippen molar-refractivity contribution in [3.8, 4) is 11.5 Å². The molecular weight excluding hydrogens is 509 g/mol. The highest BCUT2D eigenvalue weighted by Gasteiger charge is 2.25. The molecule has 0 bridgehead atoms. The molecule has 1 fully saturated rings. The van der Waals surface area contributed by atoms with Crippen molar-refractivity contribution in [3.05, 3.63) is 41.7 Å². The number of nitrogens with one attached hydrogen (secondary N) is 1. The predicted molar refractivity (Wildman–Crippen MR) is 132 cm³/mol. The Kier molecular flexibility index (Phi) is 10.4. The topological polar surface area (TPSA) is 84.1 Å². The van der Waals surface area contributed by atoms with Gasteiger partial charge in [0.2, 0.25) is 0 Å². The molecule has 9 heteroatoms. The van der Waals surface area contributed by atoms with Crippen LogP contribution in [0, 0.1) is 5.92 Å². The van der Waals surface area contributed by atoms with Crippen molar-refractivity contribution < 1.29 is 14.6 Å². The SMILES string of the molecule is CCNC(=NCc1ccc(OCCO)c(OC)c1)N1CCC(Cc2cnn(C)c2)C1.I. The molecule has 1 aromatic carbocycles. The minimum Gasteiger partial charge on any atom is -0.493 e. The summed E-state index contributed by atoms with van der Waals surface area (Å²) < 4.78 is 12.8. The lowest BCUT2D eigenvalue weighted by molar-refractivity contribution is 0.196. The summed E-state index contributed by atoms with van der Waals surface area (Å²) in [5.41, 5.74) is 2.34. The van der Waals surface area contributed by atoms with E-state index >= 15 is 0 Å². The molecule has 1 aromatic heterocycles. The first kappa shape index (κ1) is 25.3. The second kappa shape index (κ2) is 12.7. The molecule has 2 heterocycles. The first-order valence-electron chi connectivity index (χ1n) is 10.5. The van der Waals surface area contributed by atoms with Gasteiger partial charge in [-0.2, -0.15) is 5.10 Å². The van der Waals surface area contributed by atoms with Gasteiger partial charge in [0, 0.05) is 32.9 Å². The summed E-state index contributed by atoms with van der Waals surface area (Å²) >= 11 is 0. The van der Waals surface area contributed by atoms with Crippen LogP contribution < -0.4 is 14.8 Å². The summed E-state index contributed by atoms with van der Waals surface area (Å²) in [7, 11) is 3.57. The number of guanidine groups is 1. The Bertz CT molecular complexity index is 842. The zero-order valence-corrected chi connectivity index (χ0v) is 20.9. The number of aliphatic hydroxyl groups is 1. The molecule has 172 valence electrons. The van der Waals surface area contributed by atoms with Gasteiger partial charge in [0.1, 0.15) is 6.61 Å².